The molecule has 0 radical (unpaired) electrons. The summed E-state index contributed by atoms with van der Waals surface area (Å²) in [5.41, 5.74) is 4.10. The number of anilines is 1. The van der Waals surface area contributed by atoms with Crippen molar-refractivity contribution in [1.29, 1.82) is 0 Å². The summed E-state index contributed by atoms with van der Waals surface area (Å²) in [6.07, 6.45) is 5.19. The fraction of sp³-hybridized carbons (Fsp3) is 0.394. The SMILES string of the molecule is Cc1ccc(S(=O)(=O)N(CC(=O)N(Cc2ccccc2C)[C@@H](C)C(=O)NC2CCCCC2)c2cccc(C)c2)cc1. The molecule has 1 saturated carbocycles. The lowest BCUT2D eigenvalue weighted by molar-refractivity contribution is -0.139. The molecule has 3 aromatic rings. The van der Waals surface area contributed by atoms with Gasteiger partial charge in [0, 0.05) is 12.6 Å². The van der Waals surface area contributed by atoms with E-state index in [1.54, 1.807) is 49.4 Å². The zero-order chi connectivity index (χ0) is 29.6. The van der Waals surface area contributed by atoms with Gasteiger partial charge in [0.2, 0.25) is 11.8 Å². The molecule has 0 aromatic heterocycles. The monoisotopic (exact) mass is 575 g/mol. The topological polar surface area (TPSA) is 86.8 Å². The standard InChI is InChI=1S/C33H41N3O4S/c1-24-17-19-31(20-18-24)41(39,40)36(30-16-10-11-25(2)21-30)23-32(37)35(22-28-13-9-8-12-26(28)3)27(4)33(38)34-29-14-6-5-7-15-29/h8-13,16-21,27,29H,5-7,14-15,22-23H2,1-4H3,(H,34,38)/t27-/m0/s1. The highest BCUT2D eigenvalue weighted by molar-refractivity contribution is 7.92. The van der Waals surface area contributed by atoms with Gasteiger partial charge in [-0.1, -0.05) is 73.4 Å². The quantitative estimate of drug-likeness (QED) is 0.337. The van der Waals surface area contributed by atoms with Gasteiger partial charge >= 0.3 is 0 Å². The molecule has 0 aliphatic heterocycles. The molecule has 1 atom stereocenters. The van der Waals surface area contributed by atoms with E-state index in [9.17, 15) is 18.0 Å². The summed E-state index contributed by atoms with van der Waals surface area (Å²) in [4.78, 5) is 29.2. The van der Waals surface area contributed by atoms with Crippen LogP contribution in [-0.4, -0.2) is 43.8 Å². The molecule has 0 saturated heterocycles. The Morgan fingerprint density at radius 3 is 2.22 bits per heavy atom. The Morgan fingerprint density at radius 2 is 1.56 bits per heavy atom. The van der Waals surface area contributed by atoms with Gasteiger partial charge in [0.1, 0.15) is 12.6 Å². The van der Waals surface area contributed by atoms with Gasteiger partial charge in [-0.3, -0.25) is 13.9 Å². The molecule has 0 bridgehead atoms. The van der Waals surface area contributed by atoms with Crippen molar-refractivity contribution in [3.63, 3.8) is 0 Å². The Hall–Kier alpha value is -3.65. The maximum Gasteiger partial charge on any atom is 0.264 e. The fourth-order valence-corrected chi connectivity index (χ4v) is 6.68. The second-order valence-electron chi connectivity index (χ2n) is 11.1. The van der Waals surface area contributed by atoms with Crippen LogP contribution in [0.4, 0.5) is 5.69 Å². The van der Waals surface area contributed by atoms with Crippen LogP contribution in [0.5, 0.6) is 0 Å². The first kappa shape index (κ1) is 30.3. The van der Waals surface area contributed by atoms with E-state index in [2.05, 4.69) is 5.32 Å². The van der Waals surface area contributed by atoms with Crippen LogP contribution < -0.4 is 9.62 Å². The van der Waals surface area contributed by atoms with Gasteiger partial charge in [-0.2, -0.15) is 0 Å². The third-order valence-corrected chi connectivity index (χ3v) is 9.69. The number of hydrogen-bond acceptors (Lipinski definition) is 4. The Bertz CT molecular complexity index is 1460. The molecule has 1 N–H and O–H groups in total. The third kappa shape index (κ3) is 7.55. The van der Waals surface area contributed by atoms with Crippen LogP contribution in [-0.2, 0) is 26.2 Å². The van der Waals surface area contributed by atoms with Gasteiger partial charge < -0.3 is 10.2 Å². The normalized spacial score (nSPS) is 14.7. The minimum absolute atomic E-state index is 0.0971. The molecule has 1 aliphatic rings. The predicted molar refractivity (Wildman–Crippen MR) is 163 cm³/mol. The molecule has 2 amide bonds. The minimum atomic E-state index is -4.08. The molecule has 0 unspecified atom stereocenters. The fourth-order valence-electron chi connectivity index (χ4n) is 5.27. The van der Waals surface area contributed by atoms with Gasteiger partial charge in [0.05, 0.1) is 10.6 Å². The molecule has 218 valence electrons. The summed E-state index contributed by atoms with van der Waals surface area (Å²) in [6, 6.07) is 20.7. The van der Waals surface area contributed by atoms with Crippen molar-refractivity contribution in [2.24, 2.45) is 0 Å². The van der Waals surface area contributed by atoms with Gasteiger partial charge in [0.25, 0.3) is 10.0 Å². The van der Waals surface area contributed by atoms with Crippen molar-refractivity contribution in [2.45, 2.75) is 83.3 Å². The molecule has 0 heterocycles. The van der Waals surface area contributed by atoms with E-state index in [1.807, 2.05) is 51.1 Å². The van der Waals surface area contributed by atoms with Crippen molar-refractivity contribution >= 4 is 27.5 Å². The first-order chi connectivity index (χ1) is 19.6. The predicted octanol–water partition coefficient (Wildman–Crippen LogP) is 5.67. The zero-order valence-electron chi connectivity index (χ0n) is 24.5. The molecule has 7 nitrogen and oxygen atoms in total. The summed E-state index contributed by atoms with van der Waals surface area (Å²) < 4.78 is 29.1. The van der Waals surface area contributed by atoms with Crippen LogP contribution in [0, 0.1) is 20.8 Å². The number of aryl methyl sites for hydroxylation is 3. The molecule has 3 aromatic carbocycles. The number of nitrogens with one attached hydrogen (secondary N) is 1. The van der Waals surface area contributed by atoms with Crippen molar-refractivity contribution in [1.82, 2.24) is 10.2 Å². The zero-order valence-corrected chi connectivity index (χ0v) is 25.3. The summed E-state index contributed by atoms with van der Waals surface area (Å²) in [5.74, 6) is -0.668. The Kier molecular flexibility index (Phi) is 9.86. The highest BCUT2D eigenvalue weighted by Crippen LogP contribution is 2.26. The molecular formula is C33H41N3O4S. The van der Waals surface area contributed by atoms with E-state index in [4.69, 9.17) is 0 Å². The summed E-state index contributed by atoms with van der Waals surface area (Å²) in [5, 5.41) is 3.14. The first-order valence-corrected chi connectivity index (χ1v) is 15.8. The second kappa shape index (κ2) is 13.3. The van der Waals surface area contributed by atoms with Gasteiger partial charge in [-0.25, -0.2) is 8.42 Å². The number of sulfonamides is 1. The number of carbonyl (C=O) groups excluding carboxylic acids is 2. The van der Waals surface area contributed by atoms with E-state index >= 15 is 0 Å². The van der Waals surface area contributed by atoms with E-state index in [-0.39, 0.29) is 23.4 Å². The van der Waals surface area contributed by atoms with Crippen molar-refractivity contribution in [3.8, 4) is 0 Å². The second-order valence-corrected chi connectivity index (χ2v) is 13.0. The molecule has 41 heavy (non-hydrogen) atoms. The van der Waals surface area contributed by atoms with Crippen LogP contribution in [0.1, 0.15) is 61.3 Å². The average molecular weight is 576 g/mol. The van der Waals surface area contributed by atoms with Crippen molar-refractivity contribution < 1.29 is 18.0 Å². The highest BCUT2D eigenvalue weighted by Gasteiger charge is 2.33. The van der Waals surface area contributed by atoms with Crippen LogP contribution >= 0.6 is 0 Å². The van der Waals surface area contributed by atoms with E-state index in [0.29, 0.717) is 5.69 Å². The minimum Gasteiger partial charge on any atom is -0.352 e. The number of carbonyl (C=O) groups is 2. The molecule has 1 aliphatic carbocycles. The van der Waals surface area contributed by atoms with Crippen LogP contribution in [0.2, 0.25) is 0 Å². The number of hydrogen-bond donors (Lipinski definition) is 1. The smallest absolute Gasteiger partial charge is 0.264 e. The Morgan fingerprint density at radius 1 is 0.878 bits per heavy atom. The van der Waals surface area contributed by atoms with Crippen LogP contribution in [0.25, 0.3) is 0 Å². The Labute approximate surface area is 244 Å². The van der Waals surface area contributed by atoms with Gasteiger partial charge in [-0.15, -0.1) is 0 Å². The largest absolute Gasteiger partial charge is 0.352 e. The van der Waals surface area contributed by atoms with Gasteiger partial charge in [0.15, 0.2) is 0 Å². The molecule has 0 spiro atoms. The molecular weight excluding hydrogens is 534 g/mol. The van der Waals surface area contributed by atoms with E-state index in [0.717, 1.165) is 52.2 Å². The number of nitrogens with zero attached hydrogens (tertiary/aromatic N) is 2. The summed E-state index contributed by atoms with van der Waals surface area (Å²) in [6.45, 7) is 7.21. The number of amides is 2. The molecule has 1 fully saturated rings. The Balaban J connectivity index is 1.68. The van der Waals surface area contributed by atoms with Crippen molar-refractivity contribution in [3.05, 3.63) is 95.1 Å². The van der Waals surface area contributed by atoms with E-state index in [1.165, 1.54) is 11.3 Å². The van der Waals surface area contributed by atoms with Gasteiger partial charge in [-0.05, 0) is 81.5 Å². The van der Waals surface area contributed by atoms with Crippen LogP contribution in [0.15, 0.2) is 77.7 Å². The van der Waals surface area contributed by atoms with Crippen molar-refractivity contribution in [2.75, 3.05) is 10.8 Å². The highest BCUT2D eigenvalue weighted by atomic mass is 32.2. The molecule has 4 rings (SSSR count). The maximum absolute atomic E-state index is 14.1. The van der Waals surface area contributed by atoms with E-state index < -0.39 is 28.5 Å². The summed E-state index contributed by atoms with van der Waals surface area (Å²) >= 11 is 0. The third-order valence-electron chi connectivity index (χ3n) is 7.90. The lowest BCUT2D eigenvalue weighted by atomic mass is 9.95. The van der Waals surface area contributed by atoms with Crippen LogP contribution in [0.3, 0.4) is 0 Å². The molecule has 8 heteroatoms. The summed E-state index contributed by atoms with van der Waals surface area (Å²) in [7, 11) is -4.08. The maximum atomic E-state index is 14.1. The lowest BCUT2D eigenvalue weighted by Crippen LogP contribution is -2.53. The number of rotatable bonds is 10. The number of benzene rings is 3. The first-order valence-electron chi connectivity index (χ1n) is 14.4. The lowest BCUT2D eigenvalue weighted by Gasteiger charge is -2.33. The average Bonchev–Trinajstić information content (AvgIpc) is 2.95.